The molecule has 16 heavy (non-hydrogen) atoms. The lowest BCUT2D eigenvalue weighted by Gasteiger charge is -2.22. The number of aryl methyl sites for hydroxylation is 2. The maximum atomic E-state index is 4.58. The first-order valence-electron chi connectivity index (χ1n) is 5.64. The molecule has 0 saturated heterocycles. The second kappa shape index (κ2) is 4.42. The molecule has 1 aromatic heterocycles. The van der Waals surface area contributed by atoms with E-state index in [2.05, 4.69) is 50.3 Å². The van der Waals surface area contributed by atoms with E-state index in [9.17, 15) is 0 Å². The van der Waals surface area contributed by atoms with Gasteiger partial charge in [-0.3, -0.25) is 4.99 Å². The van der Waals surface area contributed by atoms with Crippen molar-refractivity contribution in [1.82, 2.24) is 5.32 Å². The van der Waals surface area contributed by atoms with E-state index in [4.69, 9.17) is 0 Å². The molecule has 0 spiro atoms. The lowest BCUT2D eigenvalue weighted by atomic mass is 9.91. The van der Waals surface area contributed by atoms with Crippen molar-refractivity contribution in [1.29, 1.82) is 0 Å². The van der Waals surface area contributed by atoms with Crippen molar-refractivity contribution in [3.63, 3.8) is 0 Å². The van der Waals surface area contributed by atoms with Crippen LogP contribution in [0.25, 0.3) is 0 Å². The zero-order chi connectivity index (χ0) is 11.7. The highest BCUT2D eigenvalue weighted by Crippen LogP contribution is 2.36. The highest BCUT2D eigenvalue weighted by molar-refractivity contribution is 7.12. The van der Waals surface area contributed by atoms with E-state index in [0.717, 1.165) is 0 Å². The van der Waals surface area contributed by atoms with Gasteiger partial charge >= 0.3 is 0 Å². The Morgan fingerprint density at radius 3 is 2.69 bits per heavy atom. The Balaban J connectivity index is 2.38. The lowest BCUT2D eigenvalue weighted by molar-refractivity contribution is 0.653. The molecule has 0 aliphatic carbocycles. The zero-order valence-corrected chi connectivity index (χ0v) is 11.1. The van der Waals surface area contributed by atoms with Gasteiger partial charge in [-0.15, -0.1) is 11.3 Å². The van der Waals surface area contributed by atoms with Crippen LogP contribution in [0.2, 0.25) is 0 Å². The van der Waals surface area contributed by atoms with Gasteiger partial charge in [0.2, 0.25) is 0 Å². The first kappa shape index (κ1) is 11.4. The Morgan fingerprint density at radius 1 is 1.38 bits per heavy atom. The van der Waals surface area contributed by atoms with Crippen molar-refractivity contribution < 1.29 is 0 Å². The summed E-state index contributed by atoms with van der Waals surface area (Å²) >= 11 is 1.86. The molecule has 3 heteroatoms. The van der Waals surface area contributed by atoms with Crippen molar-refractivity contribution in [2.45, 2.75) is 33.7 Å². The van der Waals surface area contributed by atoms with Gasteiger partial charge in [0.05, 0.1) is 6.34 Å². The minimum atomic E-state index is 0.214. The van der Waals surface area contributed by atoms with Gasteiger partial charge < -0.3 is 5.32 Å². The predicted molar refractivity (Wildman–Crippen MR) is 71.1 cm³/mol. The molecule has 1 aliphatic heterocycles. The van der Waals surface area contributed by atoms with Crippen molar-refractivity contribution in [2.75, 3.05) is 0 Å². The maximum Gasteiger partial charge on any atom is 0.101 e. The SMILES string of the molecule is Cc1cc(C2N=CNC=C2C(C)C)c(C)s1. The average Bonchev–Trinajstić information content (AvgIpc) is 2.57. The fourth-order valence-electron chi connectivity index (χ4n) is 2.08. The Kier molecular flexibility index (Phi) is 3.15. The van der Waals surface area contributed by atoms with Crippen LogP contribution in [0.15, 0.2) is 22.8 Å². The Bertz CT molecular complexity index is 441. The third-order valence-electron chi connectivity index (χ3n) is 2.90. The van der Waals surface area contributed by atoms with Crippen LogP contribution in [0, 0.1) is 19.8 Å². The van der Waals surface area contributed by atoms with Crippen molar-refractivity contribution in [3.05, 3.63) is 33.2 Å². The molecule has 2 rings (SSSR count). The minimum absolute atomic E-state index is 0.214. The fourth-order valence-corrected chi connectivity index (χ4v) is 3.04. The minimum Gasteiger partial charge on any atom is -0.353 e. The fraction of sp³-hybridized carbons (Fsp3) is 0.462. The molecule has 2 heterocycles. The third-order valence-corrected chi connectivity index (χ3v) is 3.89. The van der Waals surface area contributed by atoms with E-state index < -0.39 is 0 Å². The Labute approximate surface area is 101 Å². The molecule has 1 aromatic rings. The van der Waals surface area contributed by atoms with Gasteiger partial charge in [-0.05, 0) is 37.0 Å². The summed E-state index contributed by atoms with van der Waals surface area (Å²) < 4.78 is 0. The molecule has 1 atom stereocenters. The monoisotopic (exact) mass is 234 g/mol. The van der Waals surface area contributed by atoms with Crippen LogP contribution in [0.3, 0.4) is 0 Å². The summed E-state index contributed by atoms with van der Waals surface area (Å²) in [5.41, 5.74) is 2.73. The Hall–Kier alpha value is -1.09. The average molecular weight is 234 g/mol. The van der Waals surface area contributed by atoms with Crippen LogP contribution in [-0.2, 0) is 0 Å². The molecular formula is C13H18N2S. The second-order valence-electron chi connectivity index (χ2n) is 4.51. The normalized spacial score (nSPS) is 19.8. The van der Waals surface area contributed by atoms with E-state index in [-0.39, 0.29) is 6.04 Å². The number of hydrogen-bond acceptors (Lipinski definition) is 3. The number of thiophene rings is 1. The van der Waals surface area contributed by atoms with Gasteiger partial charge in [-0.25, -0.2) is 0 Å². The predicted octanol–water partition coefficient (Wildman–Crippen LogP) is 3.58. The highest BCUT2D eigenvalue weighted by atomic mass is 32.1. The molecule has 0 fully saturated rings. The molecule has 0 saturated carbocycles. The summed E-state index contributed by atoms with van der Waals surface area (Å²) in [6, 6.07) is 2.48. The molecule has 1 unspecified atom stereocenters. The van der Waals surface area contributed by atoms with E-state index in [0.29, 0.717) is 5.92 Å². The zero-order valence-electron chi connectivity index (χ0n) is 10.2. The van der Waals surface area contributed by atoms with E-state index in [1.165, 1.54) is 20.9 Å². The molecule has 0 aromatic carbocycles. The van der Waals surface area contributed by atoms with Gasteiger partial charge in [0.25, 0.3) is 0 Å². The lowest BCUT2D eigenvalue weighted by Crippen LogP contribution is -2.17. The molecule has 0 radical (unpaired) electrons. The third kappa shape index (κ3) is 2.05. The summed E-state index contributed by atoms with van der Waals surface area (Å²) in [7, 11) is 0. The molecule has 2 nitrogen and oxygen atoms in total. The molecule has 0 bridgehead atoms. The molecule has 1 N–H and O–H groups in total. The number of nitrogens with one attached hydrogen (secondary N) is 1. The van der Waals surface area contributed by atoms with E-state index in [1.807, 2.05) is 11.3 Å². The summed E-state index contributed by atoms with van der Waals surface area (Å²) in [5, 5.41) is 3.09. The highest BCUT2D eigenvalue weighted by Gasteiger charge is 2.22. The van der Waals surface area contributed by atoms with Crippen molar-refractivity contribution in [3.8, 4) is 0 Å². The molecule has 1 aliphatic rings. The summed E-state index contributed by atoms with van der Waals surface area (Å²) in [6.07, 6.45) is 3.89. The molecular weight excluding hydrogens is 216 g/mol. The van der Waals surface area contributed by atoms with Gasteiger partial charge in [-0.1, -0.05) is 13.8 Å². The van der Waals surface area contributed by atoms with Crippen LogP contribution < -0.4 is 5.32 Å². The van der Waals surface area contributed by atoms with Crippen LogP contribution >= 0.6 is 11.3 Å². The smallest absolute Gasteiger partial charge is 0.101 e. The Morgan fingerprint density at radius 2 is 2.12 bits per heavy atom. The molecule has 0 amide bonds. The summed E-state index contributed by atoms with van der Waals surface area (Å²) in [5.74, 6) is 0.523. The van der Waals surface area contributed by atoms with E-state index in [1.54, 1.807) is 6.34 Å². The quantitative estimate of drug-likeness (QED) is 0.831. The van der Waals surface area contributed by atoms with Gasteiger partial charge in [0.1, 0.15) is 6.04 Å². The standard InChI is InChI=1S/C13H18N2S/c1-8(2)12-6-14-7-15-13(12)11-5-9(3)16-10(11)4/h5-8,13H,1-4H3,(H,14,15). The largest absolute Gasteiger partial charge is 0.353 e. The van der Waals surface area contributed by atoms with Crippen LogP contribution in [0.1, 0.15) is 35.2 Å². The number of hydrogen-bond donors (Lipinski definition) is 1. The van der Waals surface area contributed by atoms with Gasteiger partial charge in [-0.2, -0.15) is 0 Å². The van der Waals surface area contributed by atoms with Crippen LogP contribution in [-0.4, -0.2) is 6.34 Å². The summed E-state index contributed by atoms with van der Waals surface area (Å²) in [4.78, 5) is 7.33. The van der Waals surface area contributed by atoms with Crippen LogP contribution in [0.4, 0.5) is 0 Å². The first-order chi connectivity index (χ1) is 7.59. The number of nitrogens with zero attached hydrogens (tertiary/aromatic N) is 1. The summed E-state index contributed by atoms with van der Waals surface area (Å²) in [6.45, 7) is 8.78. The van der Waals surface area contributed by atoms with Crippen LogP contribution in [0.5, 0.6) is 0 Å². The first-order valence-corrected chi connectivity index (χ1v) is 6.46. The van der Waals surface area contributed by atoms with E-state index >= 15 is 0 Å². The molecule has 86 valence electrons. The van der Waals surface area contributed by atoms with Crippen molar-refractivity contribution >= 4 is 17.7 Å². The maximum absolute atomic E-state index is 4.58. The van der Waals surface area contributed by atoms with Crippen molar-refractivity contribution in [2.24, 2.45) is 10.9 Å². The number of rotatable bonds is 2. The second-order valence-corrected chi connectivity index (χ2v) is 5.98. The number of aliphatic imine (C=N–C) groups is 1. The van der Waals surface area contributed by atoms with Gasteiger partial charge in [0, 0.05) is 16.0 Å². The topological polar surface area (TPSA) is 24.4 Å². The van der Waals surface area contributed by atoms with Gasteiger partial charge in [0.15, 0.2) is 0 Å².